The second-order valence-electron chi connectivity index (χ2n) is 4.99. The molecule has 3 N–H and O–H groups in total. The van der Waals surface area contributed by atoms with Gasteiger partial charge in [0, 0.05) is 18.7 Å². The van der Waals surface area contributed by atoms with Crippen LogP contribution < -0.4 is 5.73 Å². The number of benzene rings is 1. The van der Waals surface area contributed by atoms with E-state index in [0.717, 1.165) is 31.1 Å². The average molecular weight is 249 g/mol. The molecule has 0 heterocycles. The molecular weight excluding hydrogens is 229 g/mol. The number of nitrogens with two attached hydrogens (primary N) is 1. The van der Waals surface area contributed by atoms with E-state index in [4.69, 9.17) is 11.1 Å². The van der Waals surface area contributed by atoms with Gasteiger partial charge in [0.2, 0.25) is 0 Å². The highest BCUT2D eigenvalue weighted by Gasteiger charge is 2.24. The summed E-state index contributed by atoms with van der Waals surface area (Å²) in [6, 6.07) is 4.52. The van der Waals surface area contributed by atoms with E-state index in [9.17, 15) is 4.39 Å². The third-order valence-corrected chi connectivity index (χ3v) is 3.42. The predicted molar refractivity (Wildman–Crippen MR) is 71.1 cm³/mol. The van der Waals surface area contributed by atoms with Gasteiger partial charge in [0.15, 0.2) is 0 Å². The van der Waals surface area contributed by atoms with Crippen LogP contribution in [0.5, 0.6) is 0 Å². The van der Waals surface area contributed by atoms with E-state index in [-0.39, 0.29) is 11.7 Å². The lowest BCUT2D eigenvalue weighted by Crippen LogP contribution is -2.27. The smallest absolute Gasteiger partial charge is 0.123 e. The Morgan fingerprint density at radius 3 is 2.78 bits per heavy atom. The fourth-order valence-electron chi connectivity index (χ4n) is 2.15. The summed E-state index contributed by atoms with van der Waals surface area (Å²) in [5, 5.41) is 7.52. The van der Waals surface area contributed by atoms with Crippen LogP contribution in [0.1, 0.15) is 30.9 Å². The van der Waals surface area contributed by atoms with Crippen molar-refractivity contribution in [2.75, 3.05) is 13.1 Å². The van der Waals surface area contributed by atoms with Gasteiger partial charge < -0.3 is 5.73 Å². The number of rotatable bonds is 6. The number of halogens is 1. The number of nitrogens with one attached hydrogen (secondary N) is 1. The summed E-state index contributed by atoms with van der Waals surface area (Å²) >= 11 is 0. The van der Waals surface area contributed by atoms with E-state index >= 15 is 0 Å². The number of nitrogens with zero attached hydrogens (tertiary/aromatic N) is 1. The summed E-state index contributed by atoms with van der Waals surface area (Å²) in [6.45, 7) is 4.91. The van der Waals surface area contributed by atoms with Gasteiger partial charge in [-0.15, -0.1) is 0 Å². The number of amidine groups is 1. The zero-order valence-electron chi connectivity index (χ0n) is 10.7. The van der Waals surface area contributed by atoms with Gasteiger partial charge in [-0.3, -0.25) is 10.3 Å². The van der Waals surface area contributed by atoms with Gasteiger partial charge in [0.25, 0.3) is 0 Å². The minimum atomic E-state index is -0.339. The molecule has 1 aliphatic carbocycles. The summed E-state index contributed by atoms with van der Waals surface area (Å²) in [7, 11) is 0. The normalized spacial score (nSPS) is 15.1. The van der Waals surface area contributed by atoms with Crippen molar-refractivity contribution < 1.29 is 4.39 Å². The first kappa shape index (κ1) is 13.0. The van der Waals surface area contributed by atoms with Crippen molar-refractivity contribution in [1.29, 1.82) is 5.41 Å². The molecule has 1 aromatic carbocycles. The molecule has 0 aromatic heterocycles. The molecule has 0 unspecified atom stereocenters. The van der Waals surface area contributed by atoms with Crippen LogP contribution in [-0.2, 0) is 6.54 Å². The Balaban J connectivity index is 2.13. The maximum Gasteiger partial charge on any atom is 0.123 e. The lowest BCUT2D eigenvalue weighted by atomic mass is 10.1. The van der Waals surface area contributed by atoms with E-state index in [1.165, 1.54) is 25.0 Å². The van der Waals surface area contributed by atoms with Crippen LogP contribution in [0.4, 0.5) is 4.39 Å². The van der Waals surface area contributed by atoms with Gasteiger partial charge in [-0.05, 0) is 43.0 Å². The second kappa shape index (κ2) is 5.48. The second-order valence-corrected chi connectivity index (χ2v) is 4.99. The third kappa shape index (κ3) is 3.29. The van der Waals surface area contributed by atoms with Crippen LogP contribution in [0.25, 0.3) is 0 Å². The SMILES string of the molecule is CCN(Cc1ccc(F)cc1C(=N)N)CC1CC1. The van der Waals surface area contributed by atoms with Gasteiger partial charge in [0.05, 0.1) is 0 Å². The van der Waals surface area contributed by atoms with Crippen LogP contribution in [0.3, 0.4) is 0 Å². The standard InChI is InChI=1S/C14H20FN3/c1-2-18(8-10-3-4-10)9-11-5-6-12(15)7-13(11)14(16)17/h5-7,10H,2-4,8-9H2,1H3,(H3,16,17). The van der Waals surface area contributed by atoms with Crippen molar-refractivity contribution in [2.24, 2.45) is 11.7 Å². The fourth-order valence-corrected chi connectivity index (χ4v) is 2.15. The van der Waals surface area contributed by atoms with Crippen LogP contribution in [0.2, 0.25) is 0 Å². The van der Waals surface area contributed by atoms with Gasteiger partial charge >= 0.3 is 0 Å². The molecule has 3 nitrogen and oxygen atoms in total. The maximum atomic E-state index is 13.2. The zero-order valence-corrected chi connectivity index (χ0v) is 10.7. The van der Waals surface area contributed by atoms with Gasteiger partial charge in [0.1, 0.15) is 11.7 Å². The van der Waals surface area contributed by atoms with Crippen LogP contribution in [0, 0.1) is 17.1 Å². The van der Waals surface area contributed by atoms with Gasteiger partial charge in [-0.1, -0.05) is 13.0 Å². The minimum Gasteiger partial charge on any atom is -0.384 e. The van der Waals surface area contributed by atoms with Gasteiger partial charge in [-0.25, -0.2) is 4.39 Å². The minimum absolute atomic E-state index is 0.0630. The molecule has 0 spiro atoms. The molecule has 4 heteroatoms. The topological polar surface area (TPSA) is 53.1 Å². The number of nitrogen functional groups attached to an aromatic ring is 1. The molecule has 0 amide bonds. The Hall–Kier alpha value is -1.42. The van der Waals surface area contributed by atoms with Crippen LogP contribution >= 0.6 is 0 Å². The summed E-state index contributed by atoms with van der Waals surface area (Å²) in [5.41, 5.74) is 6.97. The highest BCUT2D eigenvalue weighted by Crippen LogP contribution is 2.30. The monoisotopic (exact) mass is 249 g/mol. The highest BCUT2D eigenvalue weighted by molar-refractivity contribution is 5.96. The first-order valence-corrected chi connectivity index (χ1v) is 6.45. The maximum absolute atomic E-state index is 13.2. The zero-order chi connectivity index (χ0) is 13.1. The van der Waals surface area contributed by atoms with E-state index in [2.05, 4.69) is 11.8 Å². The van der Waals surface area contributed by atoms with Crippen molar-refractivity contribution in [3.05, 3.63) is 35.1 Å². The summed E-state index contributed by atoms with van der Waals surface area (Å²) in [5.74, 6) is 0.423. The molecule has 1 aromatic rings. The molecule has 0 bridgehead atoms. The van der Waals surface area contributed by atoms with E-state index < -0.39 is 0 Å². The van der Waals surface area contributed by atoms with Crippen LogP contribution in [0.15, 0.2) is 18.2 Å². The van der Waals surface area contributed by atoms with E-state index in [1.807, 2.05) is 0 Å². The van der Waals surface area contributed by atoms with Gasteiger partial charge in [-0.2, -0.15) is 0 Å². The molecule has 98 valence electrons. The average Bonchev–Trinajstić information content (AvgIpc) is 3.14. The van der Waals surface area contributed by atoms with Crippen molar-refractivity contribution >= 4 is 5.84 Å². The Bertz CT molecular complexity index is 441. The summed E-state index contributed by atoms with van der Waals surface area (Å²) < 4.78 is 13.2. The Kier molecular flexibility index (Phi) is 3.97. The molecule has 1 fully saturated rings. The number of hydrogen-bond donors (Lipinski definition) is 2. The van der Waals surface area contributed by atoms with Crippen molar-refractivity contribution in [1.82, 2.24) is 4.90 Å². The lowest BCUT2D eigenvalue weighted by Gasteiger charge is -2.21. The highest BCUT2D eigenvalue weighted by atomic mass is 19.1. The van der Waals surface area contributed by atoms with Crippen molar-refractivity contribution in [2.45, 2.75) is 26.3 Å². The molecule has 0 radical (unpaired) electrons. The first-order chi connectivity index (χ1) is 8.60. The van der Waals surface area contributed by atoms with E-state index in [0.29, 0.717) is 5.56 Å². The molecule has 18 heavy (non-hydrogen) atoms. The Morgan fingerprint density at radius 2 is 2.22 bits per heavy atom. The fraction of sp³-hybridized carbons (Fsp3) is 0.500. The molecule has 0 aliphatic heterocycles. The Morgan fingerprint density at radius 1 is 1.50 bits per heavy atom. The molecule has 0 saturated heterocycles. The lowest BCUT2D eigenvalue weighted by molar-refractivity contribution is 0.268. The Labute approximate surface area is 107 Å². The van der Waals surface area contributed by atoms with Crippen molar-refractivity contribution in [3.8, 4) is 0 Å². The molecule has 1 saturated carbocycles. The third-order valence-electron chi connectivity index (χ3n) is 3.42. The van der Waals surface area contributed by atoms with Crippen LogP contribution in [-0.4, -0.2) is 23.8 Å². The quantitative estimate of drug-likeness (QED) is 0.600. The predicted octanol–water partition coefficient (Wildman–Crippen LogP) is 2.34. The molecule has 0 atom stereocenters. The number of hydrogen-bond acceptors (Lipinski definition) is 2. The first-order valence-electron chi connectivity index (χ1n) is 6.45. The van der Waals surface area contributed by atoms with E-state index in [1.54, 1.807) is 6.07 Å². The molecular formula is C14H20FN3. The van der Waals surface area contributed by atoms with Crippen molar-refractivity contribution in [3.63, 3.8) is 0 Å². The molecule has 2 rings (SSSR count). The summed E-state index contributed by atoms with van der Waals surface area (Å²) in [4.78, 5) is 2.33. The molecule has 1 aliphatic rings. The summed E-state index contributed by atoms with van der Waals surface area (Å²) in [6.07, 6.45) is 2.64. The largest absolute Gasteiger partial charge is 0.384 e.